The molecule has 125 heavy (non-hydrogen) atoms. The maximum absolute atomic E-state index is 12.3. The zero-order chi connectivity index (χ0) is 90.4. The van der Waals surface area contributed by atoms with Gasteiger partial charge in [-0.2, -0.15) is 0 Å². The van der Waals surface area contributed by atoms with E-state index in [9.17, 15) is 39.9 Å². The van der Waals surface area contributed by atoms with Crippen molar-refractivity contribution >= 4 is 17.7 Å². The van der Waals surface area contributed by atoms with Gasteiger partial charge in [0.25, 0.3) is 0 Å². The lowest BCUT2D eigenvalue weighted by Gasteiger charge is -2.57. The number of carbonyl (C=O) groups excluding carboxylic acids is 3. The van der Waals surface area contributed by atoms with Crippen LogP contribution < -0.4 is 0 Å². The number of allylic oxidation sites excluding steroid dienone is 2. The fraction of sp³-hybridized carbons (Fsp3) is 0.936. The monoisotopic (exact) mass is 1750 g/mol. The molecule has 16 nitrogen and oxygen atoms in total. The summed E-state index contributed by atoms with van der Waals surface area (Å²) in [7, 11) is 0. The van der Waals surface area contributed by atoms with E-state index in [4.69, 9.17) is 37.9 Å². The normalized spacial score (nSPS) is 50.4. The minimum Gasteiger partial charge on any atom is -0.462 e. The molecule has 0 aromatic carbocycles. The van der Waals surface area contributed by atoms with Gasteiger partial charge in [-0.05, 0) is 295 Å². The van der Waals surface area contributed by atoms with Crippen LogP contribution in [0.4, 0.5) is 0 Å². The van der Waals surface area contributed by atoms with Crippen molar-refractivity contribution in [1.82, 2.24) is 0 Å². The number of Topliss-reactive ketones (excluding diaryl/α,β-unsaturated/α-hetero) is 1. The van der Waals surface area contributed by atoms with Crippen LogP contribution in [-0.2, 0) is 52.3 Å². The van der Waals surface area contributed by atoms with Crippen LogP contribution in [0.25, 0.3) is 0 Å². The Morgan fingerprint density at radius 2 is 0.664 bits per heavy atom. The molecule has 35 atom stereocenters. The maximum Gasteiger partial charge on any atom is 0.302 e. The number of carbonyl (C=O) groups is 3. The first-order valence-electron chi connectivity index (χ1n) is 52.5. The van der Waals surface area contributed by atoms with Crippen molar-refractivity contribution in [2.24, 2.45) is 161 Å². The summed E-state index contributed by atoms with van der Waals surface area (Å²) in [5.41, 5.74) is 2.12. The van der Waals surface area contributed by atoms with Crippen molar-refractivity contribution in [3.63, 3.8) is 0 Å². The van der Waals surface area contributed by atoms with Gasteiger partial charge in [-0.3, -0.25) is 14.4 Å². The Morgan fingerprint density at radius 3 is 1.06 bits per heavy atom. The fourth-order valence-electron chi connectivity index (χ4n) is 35.0. The zero-order valence-electron chi connectivity index (χ0n) is 82.5. The number of fused-ring (bicyclic) bond motifs is 8. The van der Waals surface area contributed by atoms with E-state index in [-0.39, 0.29) is 115 Å². The molecule has 15 aliphatic carbocycles. The predicted molar refractivity (Wildman–Crippen MR) is 493 cm³/mol. The maximum atomic E-state index is 12.3. The topological polar surface area (TPSA) is 226 Å². The van der Waals surface area contributed by atoms with Gasteiger partial charge >= 0.3 is 11.9 Å². The van der Waals surface area contributed by atoms with E-state index in [1.165, 1.54) is 82.6 Å². The molecule has 18 fully saturated rings. The highest BCUT2D eigenvalue weighted by Gasteiger charge is 2.72. The quantitative estimate of drug-likeness (QED) is 0.0904. The second-order valence-corrected chi connectivity index (χ2v) is 48.8. The first kappa shape index (κ1) is 98.6. The summed E-state index contributed by atoms with van der Waals surface area (Å²) in [5.74, 6) is 7.62. The third-order valence-corrected chi connectivity index (χ3v) is 43.5. The van der Waals surface area contributed by atoms with Crippen molar-refractivity contribution in [2.75, 3.05) is 39.6 Å². The Labute approximate surface area is 758 Å². The zero-order valence-corrected chi connectivity index (χ0v) is 82.5. The Bertz CT molecular complexity index is 3610. The van der Waals surface area contributed by atoms with Gasteiger partial charge in [0.1, 0.15) is 18.0 Å². The Kier molecular flexibility index (Phi) is 29.8. The Balaban J connectivity index is 0.000000127. The van der Waals surface area contributed by atoms with Crippen molar-refractivity contribution < 1.29 is 77.8 Å². The first-order valence-corrected chi connectivity index (χ1v) is 52.5. The van der Waals surface area contributed by atoms with E-state index >= 15 is 0 Å². The molecule has 0 aromatic heterocycles. The van der Waals surface area contributed by atoms with Gasteiger partial charge in [0, 0.05) is 84.9 Å². The van der Waals surface area contributed by atoms with Gasteiger partial charge in [-0.15, -0.1) is 6.58 Å². The number of hydrogen-bond acceptors (Lipinski definition) is 16. The van der Waals surface area contributed by atoms with E-state index in [1.54, 1.807) is 13.8 Å². The van der Waals surface area contributed by atoms with Crippen molar-refractivity contribution in [3.8, 4) is 0 Å². The number of ether oxygens (including phenoxy) is 8. The fourth-order valence-corrected chi connectivity index (χ4v) is 35.0. The third-order valence-electron chi connectivity index (χ3n) is 43.5. The minimum absolute atomic E-state index is 0.00381. The van der Waals surface area contributed by atoms with Crippen molar-refractivity contribution in [3.05, 3.63) is 24.8 Å². The van der Waals surface area contributed by atoms with Crippen LogP contribution in [0.5, 0.6) is 0 Å². The number of ketones is 1. The molecule has 15 saturated carbocycles. The van der Waals surface area contributed by atoms with E-state index in [0.717, 1.165) is 210 Å². The van der Waals surface area contributed by atoms with E-state index in [1.807, 2.05) is 0 Å². The van der Waals surface area contributed by atoms with Crippen molar-refractivity contribution in [1.29, 1.82) is 0 Å². The highest BCUT2D eigenvalue weighted by molar-refractivity contribution is 5.87. The van der Waals surface area contributed by atoms with Gasteiger partial charge in [0.05, 0.1) is 70.2 Å². The number of aliphatic hydroxyl groups is 5. The molecule has 0 bridgehead atoms. The van der Waals surface area contributed by atoms with Crippen LogP contribution in [0.3, 0.4) is 0 Å². The average molecular weight is 1750 g/mol. The van der Waals surface area contributed by atoms with E-state index in [2.05, 4.69) is 137 Å². The summed E-state index contributed by atoms with van der Waals surface area (Å²) >= 11 is 0. The molecular weight excluding hydrogens is 1570 g/mol. The minimum atomic E-state index is -0.471. The molecule has 10 unspecified atom stereocenters. The molecule has 3 heterocycles. The van der Waals surface area contributed by atoms with Crippen LogP contribution in [-0.4, -0.2) is 143 Å². The predicted octanol–water partition coefficient (Wildman–Crippen LogP) is 22.9. The lowest BCUT2D eigenvalue weighted by molar-refractivity contribution is -0.252. The van der Waals surface area contributed by atoms with Crippen LogP contribution in [0, 0.1) is 161 Å². The van der Waals surface area contributed by atoms with E-state index in [0.29, 0.717) is 109 Å². The van der Waals surface area contributed by atoms with Gasteiger partial charge < -0.3 is 63.4 Å². The van der Waals surface area contributed by atoms with E-state index < -0.39 is 17.4 Å². The molecule has 18 rings (SSSR count). The molecule has 3 aliphatic heterocycles. The van der Waals surface area contributed by atoms with Gasteiger partial charge in [0.2, 0.25) is 0 Å². The summed E-state index contributed by atoms with van der Waals surface area (Å²) in [6.45, 7) is 55.7. The number of aliphatic hydroxyl groups excluding tert-OH is 5. The van der Waals surface area contributed by atoms with Gasteiger partial charge in [-0.1, -0.05) is 181 Å². The summed E-state index contributed by atoms with van der Waals surface area (Å²) in [6, 6.07) is 0. The smallest absolute Gasteiger partial charge is 0.302 e. The molecule has 0 amide bonds. The first-order chi connectivity index (χ1) is 59.0. The largest absolute Gasteiger partial charge is 0.462 e. The molecule has 5 N–H and O–H groups in total. The average Bonchev–Trinajstić information content (AvgIpc) is 1.58. The molecule has 0 aromatic rings. The summed E-state index contributed by atoms with van der Waals surface area (Å²) in [6.07, 6.45) is 43.3. The highest BCUT2D eigenvalue weighted by Crippen LogP contribution is 2.71. The van der Waals surface area contributed by atoms with Gasteiger partial charge in [-0.25, -0.2) is 0 Å². The van der Waals surface area contributed by atoms with Crippen LogP contribution in [0.1, 0.15) is 382 Å². The highest BCUT2D eigenvalue weighted by atomic mass is 16.8. The molecule has 3 spiro atoms. The second-order valence-electron chi connectivity index (χ2n) is 48.8. The lowest BCUT2D eigenvalue weighted by atomic mass is 9.50. The molecular formula is C109H182O16. The molecule has 714 valence electrons. The Hall–Kier alpha value is -2.35. The Morgan fingerprint density at radius 1 is 0.360 bits per heavy atom. The lowest BCUT2D eigenvalue weighted by Crippen LogP contribution is -2.57. The number of esters is 2. The molecule has 18 aliphatic rings. The number of rotatable bonds is 12. The summed E-state index contributed by atoms with van der Waals surface area (Å²) < 4.78 is 49.5. The summed E-state index contributed by atoms with van der Waals surface area (Å²) in [4.78, 5) is 36.6. The van der Waals surface area contributed by atoms with Crippen LogP contribution in [0.15, 0.2) is 24.8 Å². The molecule has 3 saturated heterocycles. The molecule has 0 radical (unpaired) electrons. The van der Waals surface area contributed by atoms with Crippen LogP contribution >= 0.6 is 0 Å². The van der Waals surface area contributed by atoms with Crippen LogP contribution in [0.2, 0.25) is 0 Å². The van der Waals surface area contributed by atoms with Gasteiger partial charge in [0.15, 0.2) is 17.4 Å². The molecule has 16 heteroatoms. The standard InChI is InChI=1S/C24H40O4.C24H38O4.C22H38O3.C20H34O2.C19H32O3/c2*1-6-18-15-16(2)7-10-22(18,4)19-8-11-23(5)20(21(19)28-17(3)25)9-12-24(23)26-13-14-27-24;1-5-16-14-15(2)6-9-20(16,3)17-7-10-21(4)18(19(17)23)8-11-22(21)24-12-13-25-22;1-5-14-12-15(21)8-10-20(14,4)17-9-11-19(3)13(2)6-7-16(19)18(17)22;1-4-12-11-13(20)7-9-18(12,2)15-8-10-19(3)14(17(15)22)5-6-16(19)21/h16,18-21H,6-15H2,1-5H3;6,16,18-21H,1,7-15H2,2-5H3;15-19,23H,5-14H2,1-4H3;14-18,21-22H,2,5-12H2,1,3-4H3;12-15,17,20,22H,4-11H2,1-3H3/t2*16-,18-,19?,20?,21+,22-,23-;15-,16-,17?,18?,19+,20-,21-;14-,15-,16?,17?,18-,19+,20-;12-,13-,14?,15?,17-,18-,19-/m00000/s1. The van der Waals surface area contributed by atoms with Crippen molar-refractivity contribution in [2.45, 2.75) is 442 Å². The number of hydrogen-bond donors (Lipinski definition) is 5. The SMILES string of the molecule is C=C1CCC2[C@H](O)C([C@@]3(C)CC[C@H](O)C[C@@H]3CC)CC[C@]12C.C=C[C@H]1C[C@@H](C)CC[C@]1(C)C1CC[C@@]2(C)C(CCC23OCCO3)[C@@H]1OC(C)=O.CC[C@H]1C[C@@H](C)CC[C@]1(C)C1CC[C@@]2(C)C(CCC23OCCO3)[C@@H]1O.CC[C@H]1C[C@@H](C)CC[C@]1(C)C1CC[C@@]2(C)C(CCC23OCCO3)[C@@H]1OC(C)=O.CC[C@H]1C[C@@H](O)CC[C@]1(C)C1CC[C@]2(C)C(=O)CCC2[C@@H]1O. The third kappa shape index (κ3) is 17.0. The summed E-state index contributed by atoms with van der Waals surface area (Å²) in [5, 5.41) is 53.9. The second kappa shape index (κ2) is 37.7.